The number of benzene rings is 1. The van der Waals surface area contributed by atoms with Crippen molar-refractivity contribution in [3.05, 3.63) is 57.9 Å². The van der Waals surface area contributed by atoms with E-state index in [2.05, 4.69) is 9.97 Å². The van der Waals surface area contributed by atoms with Gasteiger partial charge in [0, 0.05) is 12.7 Å². The number of carbonyl (C=O) groups is 2. The van der Waals surface area contributed by atoms with E-state index in [0.717, 1.165) is 5.56 Å². The maximum absolute atomic E-state index is 13.9. The number of nitrogens with two attached hydrogens (primary N) is 1. The van der Waals surface area contributed by atoms with Crippen LogP contribution in [0.4, 0.5) is 4.39 Å². The summed E-state index contributed by atoms with van der Waals surface area (Å²) in [7, 11) is 0. The molecule has 1 aliphatic heterocycles. The summed E-state index contributed by atoms with van der Waals surface area (Å²) < 4.78 is 13.9. The van der Waals surface area contributed by atoms with E-state index in [0.29, 0.717) is 18.7 Å². The first-order chi connectivity index (χ1) is 11.0. The van der Waals surface area contributed by atoms with Gasteiger partial charge in [0.25, 0.3) is 11.8 Å². The summed E-state index contributed by atoms with van der Waals surface area (Å²) in [6, 6.07) is 4.08. The third-order valence-corrected chi connectivity index (χ3v) is 3.95. The number of halogens is 2. The van der Waals surface area contributed by atoms with Crippen LogP contribution in [0.5, 0.6) is 0 Å². The molecule has 8 heteroatoms. The lowest BCUT2D eigenvalue weighted by atomic mass is 10.1. The lowest BCUT2D eigenvalue weighted by Gasteiger charge is -2.28. The normalized spacial score (nSPS) is 13.6. The van der Waals surface area contributed by atoms with Crippen LogP contribution in [0, 0.1) is 5.82 Å². The molecule has 2 aromatic rings. The fourth-order valence-electron chi connectivity index (χ4n) is 2.46. The molecular formula is C15H12ClFN4O2. The molecule has 3 rings (SSSR count). The van der Waals surface area contributed by atoms with E-state index in [-0.39, 0.29) is 23.0 Å². The molecular weight excluding hydrogens is 323 g/mol. The zero-order valence-electron chi connectivity index (χ0n) is 11.9. The minimum absolute atomic E-state index is 0.0568. The monoisotopic (exact) mass is 334 g/mol. The lowest BCUT2D eigenvalue weighted by molar-refractivity contribution is 0.0727. The Labute approximate surface area is 136 Å². The Morgan fingerprint density at radius 2 is 2.13 bits per heavy atom. The summed E-state index contributed by atoms with van der Waals surface area (Å²) in [6.07, 6.45) is 2.03. The number of primary amides is 1. The highest BCUT2D eigenvalue weighted by Gasteiger charge is 2.27. The van der Waals surface area contributed by atoms with Crippen molar-refractivity contribution in [3.63, 3.8) is 0 Å². The first-order valence-electron chi connectivity index (χ1n) is 6.85. The van der Waals surface area contributed by atoms with Crippen molar-refractivity contribution in [2.24, 2.45) is 5.73 Å². The second-order valence-corrected chi connectivity index (χ2v) is 5.51. The average molecular weight is 335 g/mol. The molecule has 0 saturated carbocycles. The fourth-order valence-corrected chi connectivity index (χ4v) is 2.70. The lowest BCUT2D eigenvalue weighted by Crippen LogP contribution is -2.37. The van der Waals surface area contributed by atoms with Crippen LogP contribution in [0.15, 0.2) is 24.4 Å². The molecule has 0 saturated heterocycles. The maximum atomic E-state index is 13.9. The maximum Gasteiger partial charge on any atom is 0.286 e. The molecule has 6 nitrogen and oxygen atoms in total. The molecule has 0 bridgehead atoms. The molecule has 1 aromatic heterocycles. The predicted molar refractivity (Wildman–Crippen MR) is 80.4 cm³/mol. The number of nitrogens with zero attached hydrogens (tertiary/aromatic N) is 3. The molecule has 0 aliphatic carbocycles. The largest absolute Gasteiger partial charge is 0.363 e. The van der Waals surface area contributed by atoms with Crippen LogP contribution < -0.4 is 5.73 Å². The second kappa shape index (κ2) is 5.92. The summed E-state index contributed by atoms with van der Waals surface area (Å²) in [6.45, 7) is 0.525. The summed E-state index contributed by atoms with van der Waals surface area (Å²) in [5, 5.41) is 0.0568. The zero-order valence-corrected chi connectivity index (χ0v) is 12.7. The Morgan fingerprint density at radius 3 is 2.83 bits per heavy atom. The summed E-state index contributed by atoms with van der Waals surface area (Å²) in [5.41, 5.74) is 6.36. The van der Waals surface area contributed by atoms with Crippen molar-refractivity contribution < 1.29 is 14.0 Å². The number of hydrogen-bond acceptors (Lipinski definition) is 4. The summed E-state index contributed by atoms with van der Waals surface area (Å²) >= 11 is 5.94. The van der Waals surface area contributed by atoms with Gasteiger partial charge in [-0.05, 0) is 24.1 Å². The summed E-state index contributed by atoms with van der Waals surface area (Å²) in [5.74, 6) is -2.04. The number of rotatable bonds is 2. The van der Waals surface area contributed by atoms with E-state index in [9.17, 15) is 14.0 Å². The van der Waals surface area contributed by atoms with Gasteiger partial charge in [-0.15, -0.1) is 0 Å². The predicted octanol–water partition coefficient (Wildman–Crippen LogP) is 1.57. The highest BCUT2D eigenvalue weighted by atomic mass is 35.5. The molecule has 0 atom stereocenters. The van der Waals surface area contributed by atoms with Crippen LogP contribution in [0.3, 0.4) is 0 Å². The van der Waals surface area contributed by atoms with Gasteiger partial charge in [0.15, 0.2) is 0 Å². The minimum Gasteiger partial charge on any atom is -0.363 e. The Balaban J connectivity index is 1.91. The molecule has 0 radical (unpaired) electrons. The molecule has 1 aliphatic rings. The van der Waals surface area contributed by atoms with Gasteiger partial charge < -0.3 is 10.6 Å². The average Bonchev–Trinajstić information content (AvgIpc) is 2.53. The molecule has 0 spiro atoms. The van der Waals surface area contributed by atoms with Gasteiger partial charge in [-0.2, -0.15) is 0 Å². The molecule has 2 heterocycles. The number of carbonyl (C=O) groups excluding carboxylic acids is 2. The van der Waals surface area contributed by atoms with Gasteiger partial charge in [-0.3, -0.25) is 9.59 Å². The zero-order chi connectivity index (χ0) is 16.6. The van der Waals surface area contributed by atoms with Gasteiger partial charge in [-0.1, -0.05) is 17.7 Å². The third kappa shape index (κ3) is 2.87. The smallest absolute Gasteiger partial charge is 0.286 e. The third-order valence-electron chi connectivity index (χ3n) is 3.63. The highest BCUT2D eigenvalue weighted by molar-refractivity contribution is 6.33. The van der Waals surface area contributed by atoms with Crippen LogP contribution in [0.1, 0.15) is 32.2 Å². The Hall–Kier alpha value is -2.54. The number of aromatic nitrogens is 2. The Morgan fingerprint density at radius 1 is 1.35 bits per heavy atom. The molecule has 118 valence electrons. The van der Waals surface area contributed by atoms with E-state index >= 15 is 0 Å². The van der Waals surface area contributed by atoms with Crippen molar-refractivity contribution in [2.75, 3.05) is 6.54 Å². The summed E-state index contributed by atoms with van der Waals surface area (Å²) in [4.78, 5) is 33.1. The molecule has 1 aromatic carbocycles. The van der Waals surface area contributed by atoms with E-state index in [1.807, 2.05) is 0 Å². The van der Waals surface area contributed by atoms with Crippen LogP contribution >= 0.6 is 11.6 Å². The number of amides is 2. The fraction of sp³-hybridized carbons (Fsp3) is 0.200. The van der Waals surface area contributed by atoms with Gasteiger partial charge in [0.2, 0.25) is 5.82 Å². The van der Waals surface area contributed by atoms with Gasteiger partial charge in [0.05, 0.1) is 22.8 Å². The molecule has 2 N–H and O–H groups in total. The van der Waals surface area contributed by atoms with Crippen LogP contribution in [0.2, 0.25) is 5.02 Å². The quantitative estimate of drug-likeness (QED) is 0.902. The molecule has 0 unspecified atom stereocenters. The van der Waals surface area contributed by atoms with Crippen molar-refractivity contribution in [1.29, 1.82) is 0 Å². The van der Waals surface area contributed by atoms with Crippen molar-refractivity contribution >= 4 is 23.4 Å². The van der Waals surface area contributed by atoms with Crippen LogP contribution in [-0.2, 0) is 13.0 Å². The topological polar surface area (TPSA) is 89.2 Å². The van der Waals surface area contributed by atoms with E-state index in [4.69, 9.17) is 17.3 Å². The van der Waals surface area contributed by atoms with Crippen LogP contribution in [0.25, 0.3) is 0 Å². The Kier molecular flexibility index (Phi) is 3.96. The highest BCUT2D eigenvalue weighted by Crippen LogP contribution is 2.24. The van der Waals surface area contributed by atoms with Crippen molar-refractivity contribution in [3.8, 4) is 0 Å². The molecule has 0 fully saturated rings. The van der Waals surface area contributed by atoms with Gasteiger partial charge >= 0.3 is 0 Å². The number of fused-ring (bicyclic) bond motifs is 1. The van der Waals surface area contributed by atoms with E-state index in [1.165, 1.54) is 29.3 Å². The number of hydrogen-bond donors (Lipinski definition) is 1. The Bertz CT molecular complexity index is 792. The molecule has 23 heavy (non-hydrogen) atoms. The SMILES string of the molecule is NC(=O)c1ncc2c(n1)CN(C(=O)c1c(F)cccc1Cl)CC2. The first-order valence-corrected chi connectivity index (χ1v) is 7.23. The van der Waals surface area contributed by atoms with Crippen molar-refractivity contribution in [2.45, 2.75) is 13.0 Å². The minimum atomic E-state index is -0.742. The van der Waals surface area contributed by atoms with Gasteiger partial charge in [0.1, 0.15) is 5.82 Å². The second-order valence-electron chi connectivity index (χ2n) is 5.10. The first kappa shape index (κ1) is 15.4. The standard InChI is InChI=1S/C15H12ClFN4O2/c16-9-2-1-3-10(17)12(9)15(23)21-5-4-8-6-19-14(13(18)22)20-11(8)7-21/h1-3,6H,4-5,7H2,(H2,18,22). The van der Waals surface area contributed by atoms with Gasteiger partial charge in [-0.25, -0.2) is 14.4 Å². The van der Waals surface area contributed by atoms with E-state index in [1.54, 1.807) is 0 Å². The van der Waals surface area contributed by atoms with E-state index < -0.39 is 17.6 Å². The van der Waals surface area contributed by atoms with Crippen LogP contribution in [-0.4, -0.2) is 33.2 Å². The molecule has 2 amide bonds. The van der Waals surface area contributed by atoms with Crippen molar-refractivity contribution in [1.82, 2.24) is 14.9 Å².